The number of H-pyrrole nitrogens is 1. The number of hydrogen-bond acceptors (Lipinski definition) is 5. The Kier molecular flexibility index (Phi) is 3.77. The normalized spacial score (nSPS) is 12.5. The SMILES string of the molecule is Cc1cc(=O)n(-c2cc(S(=O)(=O)O)c(S(=O)(=O)O)cc2C)[nH]1. The molecule has 0 amide bonds. The van der Waals surface area contributed by atoms with Crippen LogP contribution in [-0.4, -0.2) is 35.7 Å². The number of aromatic nitrogens is 2. The first kappa shape index (κ1) is 16.4. The fourth-order valence-electron chi connectivity index (χ4n) is 1.99. The van der Waals surface area contributed by atoms with Crippen LogP contribution in [0.3, 0.4) is 0 Å². The molecule has 1 aromatic heterocycles. The fourth-order valence-corrected chi connectivity index (χ4v) is 3.83. The van der Waals surface area contributed by atoms with Crippen molar-refractivity contribution in [2.24, 2.45) is 0 Å². The summed E-state index contributed by atoms with van der Waals surface area (Å²) in [7, 11) is -9.82. The Labute approximate surface area is 125 Å². The molecule has 11 heteroatoms. The van der Waals surface area contributed by atoms with Gasteiger partial charge in [0, 0.05) is 11.8 Å². The van der Waals surface area contributed by atoms with Gasteiger partial charge in [-0.25, -0.2) is 4.68 Å². The summed E-state index contributed by atoms with van der Waals surface area (Å²) in [5.74, 6) is 0. The average Bonchev–Trinajstić information content (AvgIpc) is 2.65. The molecule has 2 rings (SSSR count). The van der Waals surface area contributed by atoms with Gasteiger partial charge in [-0.15, -0.1) is 0 Å². The highest BCUT2D eigenvalue weighted by Gasteiger charge is 2.26. The molecule has 1 aromatic carbocycles. The zero-order valence-corrected chi connectivity index (χ0v) is 13.1. The third kappa shape index (κ3) is 2.97. The Hall–Kier alpha value is -1.95. The summed E-state index contributed by atoms with van der Waals surface area (Å²) in [5, 5.41) is 2.65. The van der Waals surface area contributed by atoms with Gasteiger partial charge in [0.05, 0.1) is 5.69 Å². The summed E-state index contributed by atoms with van der Waals surface area (Å²) in [5.41, 5.74) is 0.222. The Morgan fingerprint density at radius 1 is 0.955 bits per heavy atom. The number of benzene rings is 1. The molecule has 0 saturated heterocycles. The van der Waals surface area contributed by atoms with Crippen LogP contribution < -0.4 is 5.56 Å². The Balaban J connectivity index is 2.92. The second-order valence-corrected chi connectivity index (χ2v) is 7.43. The Morgan fingerprint density at radius 3 is 1.86 bits per heavy atom. The summed E-state index contributed by atoms with van der Waals surface area (Å²) >= 11 is 0. The van der Waals surface area contributed by atoms with Crippen molar-refractivity contribution in [1.29, 1.82) is 0 Å². The highest BCUT2D eigenvalue weighted by Crippen LogP contribution is 2.26. The van der Waals surface area contributed by atoms with Crippen LogP contribution in [0.25, 0.3) is 5.69 Å². The van der Waals surface area contributed by atoms with Gasteiger partial charge in [0.15, 0.2) is 0 Å². The van der Waals surface area contributed by atoms with Crippen LogP contribution in [0.15, 0.2) is 32.8 Å². The van der Waals surface area contributed by atoms with Crippen molar-refractivity contribution in [3.05, 3.63) is 39.8 Å². The first-order valence-electron chi connectivity index (χ1n) is 5.80. The van der Waals surface area contributed by atoms with E-state index in [9.17, 15) is 21.6 Å². The van der Waals surface area contributed by atoms with Gasteiger partial charge in [-0.1, -0.05) is 0 Å². The van der Waals surface area contributed by atoms with Crippen molar-refractivity contribution in [3.8, 4) is 5.69 Å². The van der Waals surface area contributed by atoms with E-state index in [-0.39, 0.29) is 11.3 Å². The van der Waals surface area contributed by atoms with Crippen LogP contribution in [0.2, 0.25) is 0 Å². The van der Waals surface area contributed by atoms with Crippen molar-refractivity contribution in [3.63, 3.8) is 0 Å². The van der Waals surface area contributed by atoms with Crippen molar-refractivity contribution in [1.82, 2.24) is 9.78 Å². The number of nitrogens with one attached hydrogen (secondary N) is 1. The summed E-state index contributed by atoms with van der Waals surface area (Å²) in [6, 6.07) is 2.91. The maximum atomic E-state index is 11.8. The molecule has 0 bridgehead atoms. The lowest BCUT2D eigenvalue weighted by molar-refractivity contribution is 0.466. The monoisotopic (exact) mass is 348 g/mol. The molecular weight excluding hydrogens is 336 g/mol. The molecule has 2 aromatic rings. The molecule has 1 heterocycles. The van der Waals surface area contributed by atoms with Crippen molar-refractivity contribution in [2.45, 2.75) is 23.6 Å². The van der Waals surface area contributed by atoms with Gasteiger partial charge in [0.2, 0.25) is 0 Å². The van der Waals surface area contributed by atoms with Gasteiger partial charge in [-0.3, -0.25) is 19.0 Å². The second-order valence-electron chi connectivity index (χ2n) is 4.65. The third-order valence-electron chi connectivity index (χ3n) is 2.91. The minimum atomic E-state index is -4.94. The largest absolute Gasteiger partial charge is 0.295 e. The lowest BCUT2D eigenvalue weighted by Gasteiger charge is -2.11. The maximum Gasteiger partial charge on any atom is 0.295 e. The Morgan fingerprint density at radius 2 is 1.45 bits per heavy atom. The lowest BCUT2D eigenvalue weighted by Crippen LogP contribution is -2.17. The van der Waals surface area contributed by atoms with Crippen LogP contribution in [-0.2, 0) is 20.2 Å². The predicted octanol–water partition coefficient (Wildman–Crippen LogP) is 0.276. The predicted molar refractivity (Wildman–Crippen MR) is 75.5 cm³/mol. The molecule has 0 aliphatic heterocycles. The molecule has 0 spiro atoms. The van der Waals surface area contributed by atoms with Crippen LogP contribution in [0.1, 0.15) is 11.3 Å². The number of rotatable bonds is 3. The van der Waals surface area contributed by atoms with E-state index < -0.39 is 35.6 Å². The molecule has 0 atom stereocenters. The summed E-state index contributed by atoms with van der Waals surface area (Å²) in [6.45, 7) is 3.02. The molecule has 0 radical (unpaired) electrons. The minimum absolute atomic E-state index is 0.0260. The molecule has 0 unspecified atom stereocenters. The van der Waals surface area contributed by atoms with E-state index in [0.717, 1.165) is 16.8 Å². The number of aryl methyl sites for hydroxylation is 2. The van der Waals surface area contributed by atoms with E-state index in [1.54, 1.807) is 6.92 Å². The van der Waals surface area contributed by atoms with Crippen LogP contribution in [0.4, 0.5) is 0 Å². The van der Waals surface area contributed by atoms with Crippen LogP contribution >= 0.6 is 0 Å². The standard InChI is InChI=1S/C11H12N2O7S2/c1-6-3-9(21(15,16)17)10(22(18,19)20)5-8(6)13-11(14)4-7(2)12-13/h3-5,12H,1-2H3,(H,15,16,17)(H,18,19,20). The first-order valence-corrected chi connectivity index (χ1v) is 8.68. The van der Waals surface area contributed by atoms with Gasteiger partial charge in [0.1, 0.15) is 9.79 Å². The average molecular weight is 348 g/mol. The molecule has 0 aliphatic carbocycles. The van der Waals surface area contributed by atoms with Gasteiger partial charge < -0.3 is 0 Å². The lowest BCUT2D eigenvalue weighted by atomic mass is 10.2. The molecule has 0 saturated carbocycles. The smallest absolute Gasteiger partial charge is 0.295 e. The van der Waals surface area contributed by atoms with E-state index in [1.165, 1.54) is 13.0 Å². The molecule has 0 fully saturated rings. The van der Waals surface area contributed by atoms with E-state index in [1.807, 2.05) is 0 Å². The molecular formula is C11H12N2O7S2. The highest BCUT2D eigenvalue weighted by atomic mass is 32.2. The van der Waals surface area contributed by atoms with E-state index in [0.29, 0.717) is 5.69 Å². The molecule has 120 valence electrons. The fraction of sp³-hybridized carbons (Fsp3) is 0.182. The van der Waals surface area contributed by atoms with Crippen molar-refractivity contribution in [2.75, 3.05) is 0 Å². The third-order valence-corrected chi connectivity index (χ3v) is 4.82. The topological polar surface area (TPSA) is 147 Å². The van der Waals surface area contributed by atoms with E-state index in [2.05, 4.69) is 5.10 Å². The molecule has 3 N–H and O–H groups in total. The maximum absolute atomic E-state index is 11.8. The van der Waals surface area contributed by atoms with E-state index >= 15 is 0 Å². The first-order chi connectivity index (χ1) is 9.91. The van der Waals surface area contributed by atoms with Gasteiger partial charge in [0.25, 0.3) is 25.8 Å². The summed E-state index contributed by atoms with van der Waals surface area (Å²) in [6.07, 6.45) is 0. The van der Waals surface area contributed by atoms with Crippen LogP contribution in [0, 0.1) is 13.8 Å². The highest BCUT2D eigenvalue weighted by molar-refractivity contribution is 7.89. The summed E-state index contributed by atoms with van der Waals surface area (Å²) in [4.78, 5) is 9.80. The number of nitrogens with zero attached hydrogens (tertiary/aromatic N) is 1. The zero-order valence-electron chi connectivity index (χ0n) is 11.4. The van der Waals surface area contributed by atoms with E-state index in [4.69, 9.17) is 9.11 Å². The second kappa shape index (κ2) is 5.05. The molecule has 9 nitrogen and oxygen atoms in total. The molecule has 22 heavy (non-hydrogen) atoms. The molecule has 0 aliphatic rings. The number of aromatic amines is 1. The van der Waals surface area contributed by atoms with Crippen molar-refractivity contribution < 1.29 is 25.9 Å². The number of hydrogen-bond donors (Lipinski definition) is 3. The Bertz CT molecular complexity index is 1010. The van der Waals surface area contributed by atoms with Gasteiger partial charge in [-0.2, -0.15) is 16.8 Å². The quantitative estimate of drug-likeness (QED) is 0.675. The van der Waals surface area contributed by atoms with Crippen LogP contribution in [0.5, 0.6) is 0 Å². The van der Waals surface area contributed by atoms with Gasteiger partial charge in [-0.05, 0) is 31.5 Å². The van der Waals surface area contributed by atoms with Gasteiger partial charge >= 0.3 is 0 Å². The van der Waals surface area contributed by atoms with Crippen molar-refractivity contribution >= 4 is 20.2 Å². The zero-order chi connectivity index (χ0) is 16.9. The summed E-state index contributed by atoms with van der Waals surface area (Å²) < 4.78 is 64.5. The minimum Gasteiger partial charge on any atom is -0.295 e.